The predicted molar refractivity (Wildman–Crippen MR) is 155 cm³/mol. The first kappa shape index (κ1) is 31.1. The van der Waals surface area contributed by atoms with E-state index in [0.717, 1.165) is 6.42 Å². The van der Waals surface area contributed by atoms with Crippen LogP contribution in [0.2, 0.25) is 0 Å². The number of carbonyl (C=O) groups excluding carboxylic acids is 1. The minimum atomic E-state index is -3.93. The molecular formula is C27H36N6O8S. The van der Waals surface area contributed by atoms with Crippen LogP contribution >= 0.6 is 0 Å². The highest BCUT2D eigenvalue weighted by Gasteiger charge is 2.30. The number of fused-ring (bicyclic) bond motifs is 1. The quantitative estimate of drug-likeness (QED) is 0.174. The van der Waals surface area contributed by atoms with Crippen LogP contribution in [0.4, 0.5) is 0 Å². The summed E-state index contributed by atoms with van der Waals surface area (Å²) in [6.45, 7) is 7.14. The Kier molecular flexibility index (Phi) is 9.64. The SMILES string of the molecule is CCCOc1ccc(S(=O)(=O)N2CCN(CCO[N+](=O)[O-])CC2)cc1-c1nc2c(CCC)c(C(C)=O)n(C)c2c(=O)[nH]1. The number of piperazine rings is 1. The monoisotopic (exact) mass is 604 g/mol. The Bertz CT molecular complexity index is 1640. The number of aromatic amines is 1. The molecule has 4 rings (SSSR count). The van der Waals surface area contributed by atoms with E-state index in [1.54, 1.807) is 17.7 Å². The van der Waals surface area contributed by atoms with Crippen LogP contribution in [-0.2, 0) is 28.3 Å². The lowest BCUT2D eigenvalue weighted by Gasteiger charge is -2.33. The minimum absolute atomic E-state index is 0.0143. The van der Waals surface area contributed by atoms with Crippen molar-refractivity contribution in [1.29, 1.82) is 0 Å². The number of hydrogen-bond donors (Lipinski definition) is 1. The maximum Gasteiger partial charge on any atom is 0.294 e. The Balaban J connectivity index is 1.74. The number of nitrogens with zero attached hydrogens (tertiary/aromatic N) is 5. The van der Waals surface area contributed by atoms with Crippen LogP contribution in [0.15, 0.2) is 27.9 Å². The summed E-state index contributed by atoms with van der Waals surface area (Å²) in [7, 11) is -2.27. The lowest BCUT2D eigenvalue weighted by atomic mass is 10.1. The second-order valence-electron chi connectivity index (χ2n) is 10.1. The summed E-state index contributed by atoms with van der Waals surface area (Å²) >= 11 is 0. The van der Waals surface area contributed by atoms with Crippen LogP contribution in [0.25, 0.3) is 22.4 Å². The lowest BCUT2D eigenvalue weighted by Crippen LogP contribution is -2.49. The van der Waals surface area contributed by atoms with E-state index >= 15 is 0 Å². The standard InChI is InChI=1S/C27H36N6O8S/c1-5-7-20-23-25(30(4)24(20)18(3)34)27(35)29-26(28-23)21-17-19(8-9-22(21)40-15-6-2)42(38,39)32-12-10-31(11-13-32)14-16-41-33(36)37/h8-9,17H,5-7,10-16H2,1-4H3,(H,28,29,35). The molecule has 1 fully saturated rings. The van der Waals surface area contributed by atoms with E-state index in [9.17, 15) is 28.1 Å². The second-order valence-corrected chi connectivity index (χ2v) is 12.1. The highest BCUT2D eigenvalue weighted by molar-refractivity contribution is 7.89. The first-order valence-corrected chi connectivity index (χ1v) is 15.3. The molecule has 0 spiro atoms. The van der Waals surface area contributed by atoms with Gasteiger partial charge in [0.25, 0.3) is 10.6 Å². The fraction of sp³-hybridized carbons (Fsp3) is 0.519. The van der Waals surface area contributed by atoms with Gasteiger partial charge in [0.15, 0.2) is 5.78 Å². The Morgan fingerprint density at radius 1 is 1.14 bits per heavy atom. The molecular weight excluding hydrogens is 568 g/mol. The number of aryl methyl sites for hydroxylation is 2. The van der Waals surface area contributed by atoms with Gasteiger partial charge in [0.05, 0.1) is 22.8 Å². The van der Waals surface area contributed by atoms with Crippen LogP contribution in [0.3, 0.4) is 0 Å². The van der Waals surface area contributed by atoms with E-state index in [1.807, 2.05) is 18.7 Å². The molecule has 3 heterocycles. The number of carbonyl (C=O) groups is 1. The molecule has 42 heavy (non-hydrogen) atoms. The Morgan fingerprint density at radius 3 is 2.48 bits per heavy atom. The van der Waals surface area contributed by atoms with E-state index < -0.39 is 20.7 Å². The van der Waals surface area contributed by atoms with Crippen molar-refractivity contribution in [3.8, 4) is 17.1 Å². The second kappa shape index (κ2) is 13.0. The third kappa shape index (κ3) is 6.32. The summed E-state index contributed by atoms with van der Waals surface area (Å²) < 4.78 is 36.2. The molecule has 228 valence electrons. The summed E-state index contributed by atoms with van der Waals surface area (Å²) in [4.78, 5) is 50.0. The zero-order chi connectivity index (χ0) is 30.6. The summed E-state index contributed by atoms with van der Waals surface area (Å²) in [6.07, 6.45) is 1.98. The lowest BCUT2D eigenvalue weighted by molar-refractivity contribution is -0.757. The average Bonchev–Trinajstić information content (AvgIpc) is 3.23. The molecule has 15 heteroatoms. The first-order chi connectivity index (χ1) is 20.0. The molecule has 0 unspecified atom stereocenters. The van der Waals surface area contributed by atoms with Crippen LogP contribution in [-0.4, -0.2) is 89.0 Å². The predicted octanol–water partition coefficient (Wildman–Crippen LogP) is 2.39. The fourth-order valence-electron chi connectivity index (χ4n) is 5.26. The van der Waals surface area contributed by atoms with Gasteiger partial charge in [-0.1, -0.05) is 20.3 Å². The summed E-state index contributed by atoms with van der Waals surface area (Å²) in [5, 5.41) is 9.54. The molecule has 0 aliphatic carbocycles. The molecule has 0 atom stereocenters. The van der Waals surface area contributed by atoms with Crippen LogP contribution < -0.4 is 10.3 Å². The van der Waals surface area contributed by atoms with Crippen molar-refractivity contribution < 1.29 is 27.9 Å². The van der Waals surface area contributed by atoms with Crippen molar-refractivity contribution in [2.45, 2.75) is 44.9 Å². The smallest absolute Gasteiger partial charge is 0.294 e. The van der Waals surface area contributed by atoms with Gasteiger partial charge in [0.2, 0.25) is 10.0 Å². The van der Waals surface area contributed by atoms with Crippen molar-refractivity contribution in [2.75, 3.05) is 45.9 Å². The summed E-state index contributed by atoms with van der Waals surface area (Å²) in [6, 6.07) is 4.49. The van der Waals surface area contributed by atoms with E-state index in [0.29, 0.717) is 67.2 Å². The number of ketones is 1. The maximum atomic E-state index is 13.7. The van der Waals surface area contributed by atoms with Crippen molar-refractivity contribution in [2.24, 2.45) is 7.05 Å². The van der Waals surface area contributed by atoms with Gasteiger partial charge in [0.1, 0.15) is 29.2 Å². The molecule has 1 aromatic carbocycles. The Labute approximate surface area is 243 Å². The van der Waals surface area contributed by atoms with Gasteiger partial charge in [-0.25, -0.2) is 13.4 Å². The minimum Gasteiger partial charge on any atom is -0.493 e. The van der Waals surface area contributed by atoms with Gasteiger partial charge in [0, 0.05) is 52.3 Å². The third-order valence-electron chi connectivity index (χ3n) is 7.21. The molecule has 2 aromatic heterocycles. The van der Waals surface area contributed by atoms with Gasteiger partial charge in [-0.2, -0.15) is 4.31 Å². The highest BCUT2D eigenvalue weighted by Crippen LogP contribution is 2.33. The summed E-state index contributed by atoms with van der Waals surface area (Å²) in [5.41, 5.74) is 1.63. The molecule has 1 N–H and O–H groups in total. The molecule has 1 aliphatic heterocycles. The molecule has 0 radical (unpaired) electrons. The van der Waals surface area contributed by atoms with Crippen LogP contribution in [0, 0.1) is 10.1 Å². The number of nitrogens with one attached hydrogen (secondary N) is 1. The Hall–Kier alpha value is -3.82. The third-order valence-corrected chi connectivity index (χ3v) is 9.11. The van der Waals surface area contributed by atoms with E-state index in [2.05, 4.69) is 9.82 Å². The number of rotatable bonds is 13. The topological polar surface area (TPSA) is 170 Å². The van der Waals surface area contributed by atoms with Crippen molar-refractivity contribution >= 4 is 26.8 Å². The molecule has 0 saturated carbocycles. The van der Waals surface area contributed by atoms with Gasteiger partial charge in [-0.3, -0.25) is 14.5 Å². The Morgan fingerprint density at radius 2 is 1.86 bits per heavy atom. The van der Waals surface area contributed by atoms with Crippen molar-refractivity contribution in [3.05, 3.63) is 49.9 Å². The highest BCUT2D eigenvalue weighted by atomic mass is 32.2. The average molecular weight is 605 g/mol. The molecule has 1 aliphatic rings. The largest absolute Gasteiger partial charge is 0.493 e. The number of H-pyrrole nitrogens is 1. The molecule has 0 amide bonds. The molecule has 14 nitrogen and oxygen atoms in total. The molecule has 1 saturated heterocycles. The maximum absolute atomic E-state index is 13.7. The van der Waals surface area contributed by atoms with Crippen molar-refractivity contribution in [1.82, 2.24) is 23.7 Å². The number of sulfonamides is 1. The van der Waals surface area contributed by atoms with Crippen LogP contribution in [0.5, 0.6) is 5.75 Å². The van der Waals surface area contributed by atoms with Gasteiger partial charge in [-0.05, 0) is 31.0 Å². The van der Waals surface area contributed by atoms with Crippen molar-refractivity contribution in [3.63, 3.8) is 0 Å². The first-order valence-electron chi connectivity index (χ1n) is 13.9. The molecule has 0 bridgehead atoms. The summed E-state index contributed by atoms with van der Waals surface area (Å²) in [5.74, 6) is 0.336. The number of aromatic nitrogens is 3. The van der Waals surface area contributed by atoms with Crippen LogP contribution in [0.1, 0.15) is 49.7 Å². The van der Waals surface area contributed by atoms with Gasteiger partial charge >= 0.3 is 0 Å². The number of ether oxygens (including phenoxy) is 1. The van der Waals surface area contributed by atoms with E-state index in [4.69, 9.17) is 9.72 Å². The van der Waals surface area contributed by atoms with E-state index in [-0.39, 0.29) is 41.7 Å². The normalized spacial score (nSPS) is 14.8. The fourth-order valence-corrected chi connectivity index (χ4v) is 6.71. The number of Topliss-reactive ketones (excluding diaryl/α,β-unsaturated/α-hetero) is 1. The number of benzene rings is 1. The molecule has 3 aromatic rings. The zero-order valence-electron chi connectivity index (χ0n) is 24.2. The zero-order valence-corrected chi connectivity index (χ0v) is 25.0. The number of hydrogen-bond acceptors (Lipinski definition) is 10. The van der Waals surface area contributed by atoms with Gasteiger partial charge in [-0.15, -0.1) is 10.1 Å². The van der Waals surface area contributed by atoms with E-state index in [1.165, 1.54) is 23.4 Å². The van der Waals surface area contributed by atoms with Gasteiger partial charge < -0.3 is 19.1 Å².